The molecule has 2 aliphatic carbocycles. The first-order valence-electron chi connectivity index (χ1n) is 18.7. The van der Waals surface area contributed by atoms with Crippen molar-refractivity contribution in [3.05, 3.63) is 135 Å². The van der Waals surface area contributed by atoms with Crippen molar-refractivity contribution in [2.45, 2.75) is 97.6 Å². The maximum atomic E-state index is 13.8. The van der Waals surface area contributed by atoms with Crippen LogP contribution in [0.4, 0.5) is 0 Å². The molecule has 1 aliphatic heterocycles. The van der Waals surface area contributed by atoms with Gasteiger partial charge < -0.3 is 15.8 Å². The minimum Gasteiger partial charge on any atom is -0.623 e. The third-order valence-corrected chi connectivity index (χ3v) is 15.9. The van der Waals surface area contributed by atoms with Gasteiger partial charge in [-0.15, -0.1) is 5.06 Å². The van der Waals surface area contributed by atoms with Gasteiger partial charge in [0.15, 0.2) is 17.5 Å². The molecule has 0 aromatic heterocycles. The summed E-state index contributed by atoms with van der Waals surface area (Å²) in [4.78, 5) is 15.4. The van der Waals surface area contributed by atoms with E-state index in [0.29, 0.717) is 11.5 Å². The lowest BCUT2D eigenvalue weighted by molar-refractivity contribution is -0.530. The highest BCUT2D eigenvalue weighted by Gasteiger charge is 2.51. The normalized spacial score (nSPS) is 15.9. The number of fused-ring (bicyclic) bond motifs is 1. The summed E-state index contributed by atoms with van der Waals surface area (Å²) in [6.07, 6.45) is 3.48. The van der Waals surface area contributed by atoms with Crippen LogP contribution in [-0.2, 0) is 4.84 Å². The van der Waals surface area contributed by atoms with Crippen LogP contribution >= 0.6 is 0 Å². The molecule has 2 aromatic rings. The SMILES string of the molecule is [C-]#[N+]C1=C(c2cccc(C#Cc3cccc(C=NCC(=N)N)c3)c2)ON(C(C)(C)C)C1c1c2cccccc-2c(/C=[N+](\[O-])C(C)(C)C)c1[Si](C)(C)C(C)(C)C. The molecule has 284 valence electrons. The van der Waals surface area contributed by atoms with E-state index in [0.717, 1.165) is 49.2 Å². The van der Waals surface area contributed by atoms with Crippen LogP contribution in [0.15, 0.2) is 89.6 Å². The maximum absolute atomic E-state index is 13.8. The predicted octanol–water partition coefficient (Wildman–Crippen LogP) is 9.36. The van der Waals surface area contributed by atoms with Crippen molar-refractivity contribution in [3.63, 3.8) is 0 Å². The molecule has 2 aromatic carbocycles. The number of hydrogen-bond acceptors (Lipinski definition) is 5. The van der Waals surface area contributed by atoms with E-state index in [1.807, 2.05) is 92.6 Å². The van der Waals surface area contributed by atoms with Gasteiger partial charge in [0.2, 0.25) is 5.70 Å². The zero-order valence-electron chi connectivity index (χ0n) is 34.1. The molecule has 0 fully saturated rings. The van der Waals surface area contributed by atoms with E-state index < -0.39 is 25.2 Å². The first-order chi connectivity index (χ1) is 25.6. The van der Waals surface area contributed by atoms with Gasteiger partial charge in [-0.3, -0.25) is 10.4 Å². The molecular weight excluding hydrogens is 697 g/mol. The standard InChI is InChI=1S/C46H54N6O2Si/c1-44(2,3)51(53)30-37-35-22-14-13-15-23-36(35)39(43(37)55(11,12)46(7,8)9)41-40(49-10)42(54-52(41)45(4,5)6)34-21-17-19-32(27-34)25-24-31-18-16-20-33(26-31)28-50-29-38(47)48/h13-23,26-28,30,41H,29H2,1-9,11-12H3,(H3,47,48)/b50-28?,51-30-. The van der Waals surface area contributed by atoms with Crippen LogP contribution in [-0.4, -0.2) is 53.8 Å². The molecule has 0 spiro atoms. The quantitative estimate of drug-likeness (QED) is 0.0287. The van der Waals surface area contributed by atoms with Gasteiger partial charge in [0.25, 0.3) is 0 Å². The Hall–Kier alpha value is -5.48. The van der Waals surface area contributed by atoms with Crippen molar-refractivity contribution in [1.29, 1.82) is 5.41 Å². The largest absolute Gasteiger partial charge is 0.623 e. The molecule has 0 saturated carbocycles. The molecule has 0 radical (unpaired) electrons. The van der Waals surface area contributed by atoms with Crippen molar-refractivity contribution in [2.24, 2.45) is 10.7 Å². The third kappa shape index (κ3) is 8.60. The molecule has 0 amide bonds. The molecule has 1 heterocycles. The number of nitrogens with two attached hydrogens (primary N) is 1. The van der Waals surface area contributed by atoms with Gasteiger partial charge in [-0.25, -0.2) is 9.58 Å². The second-order valence-electron chi connectivity index (χ2n) is 17.7. The van der Waals surface area contributed by atoms with Gasteiger partial charge in [0.05, 0.1) is 21.2 Å². The van der Waals surface area contributed by atoms with Crippen LogP contribution in [0.5, 0.6) is 0 Å². The fourth-order valence-electron chi connectivity index (χ4n) is 6.56. The number of hydroxylamine groups is 3. The van der Waals surface area contributed by atoms with E-state index in [-0.39, 0.29) is 17.4 Å². The van der Waals surface area contributed by atoms with Crippen LogP contribution in [0.25, 0.3) is 21.7 Å². The summed E-state index contributed by atoms with van der Waals surface area (Å²) >= 11 is 0. The second-order valence-corrected chi connectivity index (χ2v) is 23.0. The Morgan fingerprint density at radius 3 is 2.15 bits per heavy atom. The van der Waals surface area contributed by atoms with E-state index in [1.54, 1.807) is 12.4 Å². The zero-order valence-corrected chi connectivity index (χ0v) is 35.1. The van der Waals surface area contributed by atoms with Crippen LogP contribution in [0.1, 0.15) is 102 Å². The maximum Gasteiger partial charge on any atom is 0.234 e. The highest BCUT2D eigenvalue weighted by molar-refractivity contribution is 6.93. The molecule has 55 heavy (non-hydrogen) atoms. The molecule has 5 rings (SSSR count). The Bertz CT molecular complexity index is 2280. The van der Waals surface area contributed by atoms with Crippen LogP contribution in [0, 0.1) is 29.0 Å². The van der Waals surface area contributed by atoms with Crippen LogP contribution < -0.4 is 10.9 Å². The summed E-state index contributed by atoms with van der Waals surface area (Å²) < 4.78 is 1.07. The third-order valence-electron chi connectivity index (χ3n) is 10.4. The van der Waals surface area contributed by atoms with Crippen molar-refractivity contribution < 1.29 is 9.58 Å². The molecule has 1 atom stereocenters. The number of benzene rings is 2. The monoisotopic (exact) mass is 750 g/mol. The number of nitrogens with one attached hydrogen (secondary N) is 1. The zero-order chi connectivity index (χ0) is 40.5. The van der Waals surface area contributed by atoms with Gasteiger partial charge in [0, 0.05) is 54.8 Å². The molecule has 9 heteroatoms. The van der Waals surface area contributed by atoms with Crippen LogP contribution in [0.3, 0.4) is 0 Å². The minimum atomic E-state index is -2.42. The molecule has 0 saturated heterocycles. The van der Waals surface area contributed by atoms with Gasteiger partial charge in [0.1, 0.15) is 11.9 Å². The average molecular weight is 751 g/mol. The highest BCUT2D eigenvalue weighted by Crippen LogP contribution is 2.51. The molecular formula is C46H54N6O2Si. The fraction of sp³-hybridized carbons (Fsp3) is 0.348. The number of rotatable bonds is 7. The topological polar surface area (TPSA) is 105 Å². The summed E-state index contributed by atoms with van der Waals surface area (Å²) in [6.45, 7) is 32.6. The van der Waals surface area contributed by atoms with E-state index in [1.165, 1.54) is 5.19 Å². The number of amidine groups is 1. The molecule has 0 bridgehead atoms. The Morgan fingerprint density at radius 2 is 1.56 bits per heavy atom. The highest BCUT2D eigenvalue weighted by atomic mass is 28.3. The molecule has 3 aliphatic rings. The lowest BCUT2D eigenvalue weighted by atomic mass is 9.95. The summed E-state index contributed by atoms with van der Waals surface area (Å²) in [5, 5.41) is 24.3. The Kier molecular flexibility index (Phi) is 11.3. The van der Waals surface area contributed by atoms with Crippen molar-refractivity contribution in [3.8, 4) is 23.0 Å². The Labute approximate surface area is 328 Å². The number of aliphatic imine (C=N–C) groups is 1. The number of hydrogen-bond donors (Lipinski definition) is 2. The lowest BCUT2D eigenvalue weighted by Gasteiger charge is -2.41. The molecule has 3 N–H and O–H groups in total. The van der Waals surface area contributed by atoms with E-state index in [4.69, 9.17) is 22.6 Å². The first kappa shape index (κ1) is 40.7. The van der Waals surface area contributed by atoms with Crippen molar-refractivity contribution >= 4 is 37.3 Å². The minimum absolute atomic E-state index is 0.00921. The Balaban J connectivity index is 1.75. The second kappa shape index (κ2) is 15.3. The Morgan fingerprint density at radius 1 is 0.945 bits per heavy atom. The van der Waals surface area contributed by atoms with Crippen molar-refractivity contribution in [2.75, 3.05) is 6.54 Å². The smallest absolute Gasteiger partial charge is 0.234 e. The van der Waals surface area contributed by atoms with E-state index in [2.05, 4.69) is 88.4 Å². The molecule has 8 nitrogen and oxygen atoms in total. The van der Waals surface area contributed by atoms with E-state index >= 15 is 0 Å². The van der Waals surface area contributed by atoms with Crippen molar-refractivity contribution in [1.82, 2.24) is 5.06 Å². The summed E-state index contributed by atoms with van der Waals surface area (Å²) in [5.74, 6) is 7.08. The van der Waals surface area contributed by atoms with Gasteiger partial charge in [-0.05, 0) is 77.5 Å². The van der Waals surface area contributed by atoms with Gasteiger partial charge in [-0.2, -0.15) is 0 Å². The average Bonchev–Trinajstić information content (AvgIpc) is 3.51. The molecule has 1 unspecified atom stereocenters. The fourth-order valence-corrected chi connectivity index (χ4v) is 9.13. The lowest BCUT2D eigenvalue weighted by Crippen LogP contribution is -2.53. The first-order valence-corrected chi connectivity index (χ1v) is 21.7. The summed E-state index contributed by atoms with van der Waals surface area (Å²) in [5.41, 5.74) is 12.0. The van der Waals surface area contributed by atoms with Crippen LogP contribution in [0.2, 0.25) is 18.1 Å². The predicted molar refractivity (Wildman–Crippen MR) is 231 cm³/mol. The van der Waals surface area contributed by atoms with Gasteiger partial charge >= 0.3 is 0 Å². The van der Waals surface area contributed by atoms with Gasteiger partial charge in [-0.1, -0.05) is 100 Å². The summed E-state index contributed by atoms with van der Waals surface area (Å²) in [6, 6.07) is 25.3. The summed E-state index contributed by atoms with van der Waals surface area (Å²) in [7, 11) is -2.42. The number of nitrogens with zero attached hydrogens (tertiary/aromatic N) is 4. The van der Waals surface area contributed by atoms with E-state index in [9.17, 15) is 5.21 Å².